The van der Waals surface area contributed by atoms with Gasteiger partial charge in [-0.15, -0.1) is 0 Å². The lowest BCUT2D eigenvalue weighted by atomic mass is 10.0. The molecule has 0 bridgehead atoms. The third-order valence-corrected chi connectivity index (χ3v) is 6.63. The molecule has 0 aliphatic carbocycles. The van der Waals surface area contributed by atoms with Crippen molar-refractivity contribution in [1.82, 2.24) is 9.21 Å². The van der Waals surface area contributed by atoms with Gasteiger partial charge in [-0.3, -0.25) is 4.90 Å². The Morgan fingerprint density at radius 3 is 2.74 bits per heavy atom. The van der Waals surface area contributed by atoms with Crippen LogP contribution in [0.15, 0.2) is 29.2 Å². The highest BCUT2D eigenvalue weighted by Crippen LogP contribution is 2.27. The van der Waals surface area contributed by atoms with E-state index in [1.165, 1.54) is 30.0 Å². The number of rotatable bonds is 3. The lowest BCUT2D eigenvalue weighted by Gasteiger charge is -2.43. The fourth-order valence-corrected chi connectivity index (χ4v) is 5.10. The highest BCUT2D eigenvalue weighted by Gasteiger charge is 2.36. The maximum Gasteiger partial charge on any atom is 0.339 e. The zero-order valence-electron chi connectivity index (χ0n) is 13.3. The quantitative estimate of drug-likeness (QED) is 0.778. The number of carbonyl (C=O) groups is 1. The van der Waals surface area contributed by atoms with Gasteiger partial charge in [0.2, 0.25) is 10.0 Å². The standard InChI is InChI=1S/C16H22N2O4S/c1-22-16(19)14-7-2-3-8-15(14)23(20,21)18-11-10-17-9-5-4-6-13(17)12-18/h2-3,7-8,13H,4-6,9-12H2,1H3. The Hall–Kier alpha value is -1.44. The average Bonchev–Trinajstić information content (AvgIpc) is 2.60. The summed E-state index contributed by atoms with van der Waals surface area (Å²) in [5, 5.41) is 0. The molecule has 0 radical (unpaired) electrons. The molecule has 0 aromatic heterocycles. The summed E-state index contributed by atoms with van der Waals surface area (Å²) in [6.45, 7) is 2.77. The first kappa shape index (κ1) is 16.4. The van der Waals surface area contributed by atoms with Crippen LogP contribution < -0.4 is 0 Å². The van der Waals surface area contributed by atoms with Crippen LogP contribution in [0.25, 0.3) is 0 Å². The number of nitrogens with zero attached hydrogens (tertiary/aromatic N) is 2. The zero-order valence-corrected chi connectivity index (χ0v) is 14.1. The van der Waals surface area contributed by atoms with Gasteiger partial charge >= 0.3 is 5.97 Å². The second-order valence-corrected chi connectivity index (χ2v) is 7.94. The number of piperidine rings is 1. The fourth-order valence-electron chi connectivity index (χ4n) is 3.46. The van der Waals surface area contributed by atoms with Crippen LogP contribution in [0, 0.1) is 0 Å². The van der Waals surface area contributed by atoms with Crippen LogP contribution in [0.3, 0.4) is 0 Å². The van der Waals surface area contributed by atoms with Crippen molar-refractivity contribution in [3.8, 4) is 0 Å². The van der Waals surface area contributed by atoms with Gasteiger partial charge in [0, 0.05) is 25.7 Å². The molecule has 2 heterocycles. The van der Waals surface area contributed by atoms with Crippen molar-refractivity contribution in [2.24, 2.45) is 0 Å². The molecular formula is C16H22N2O4S. The minimum atomic E-state index is -3.69. The molecule has 0 spiro atoms. The van der Waals surface area contributed by atoms with E-state index in [2.05, 4.69) is 4.90 Å². The van der Waals surface area contributed by atoms with E-state index in [0.717, 1.165) is 25.9 Å². The molecule has 126 valence electrons. The second-order valence-electron chi connectivity index (χ2n) is 6.04. The van der Waals surface area contributed by atoms with Crippen molar-refractivity contribution < 1.29 is 17.9 Å². The maximum absolute atomic E-state index is 13.0. The summed E-state index contributed by atoms with van der Waals surface area (Å²) in [5.74, 6) is -0.625. The third kappa shape index (κ3) is 3.13. The number of methoxy groups -OCH3 is 1. The van der Waals surface area contributed by atoms with Crippen molar-refractivity contribution in [1.29, 1.82) is 0 Å². The number of carbonyl (C=O) groups excluding carboxylic acids is 1. The molecule has 1 atom stereocenters. The number of esters is 1. The smallest absolute Gasteiger partial charge is 0.339 e. The molecule has 7 heteroatoms. The Bertz CT molecular complexity index is 689. The molecule has 23 heavy (non-hydrogen) atoms. The first-order valence-electron chi connectivity index (χ1n) is 7.95. The second kappa shape index (κ2) is 6.59. The maximum atomic E-state index is 13.0. The van der Waals surface area contributed by atoms with Gasteiger partial charge in [-0.2, -0.15) is 4.31 Å². The Balaban J connectivity index is 1.89. The van der Waals surface area contributed by atoms with E-state index in [-0.39, 0.29) is 16.5 Å². The molecule has 3 rings (SSSR count). The van der Waals surface area contributed by atoms with Gasteiger partial charge in [0.25, 0.3) is 0 Å². The third-order valence-electron chi connectivity index (χ3n) is 4.71. The first-order chi connectivity index (χ1) is 11.0. The van der Waals surface area contributed by atoms with Crippen LogP contribution in [0.1, 0.15) is 29.6 Å². The molecule has 2 aliphatic rings. The largest absolute Gasteiger partial charge is 0.465 e. The predicted molar refractivity (Wildman–Crippen MR) is 85.8 cm³/mol. The minimum absolute atomic E-state index is 0.0381. The van der Waals surface area contributed by atoms with Gasteiger partial charge in [-0.25, -0.2) is 13.2 Å². The lowest BCUT2D eigenvalue weighted by molar-refractivity contribution is 0.0595. The zero-order chi connectivity index (χ0) is 16.4. The number of sulfonamides is 1. The summed E-state index contributed by atoms with van der Waals surface area (Å²) in [6, 6.07) is 6.54. The number of hydrogen-bond donors (Lipinski definition) is 0. The molecule has 1 unspecified atom stereocenters. The molecule has 2 fully saturated rings. The monoisotopic (exact) mass is 338 g/mol. The van der Waals surface area contributed by atoms with Gasteiger partial charge in [0.15, 0.2) is 0 Å². The Morgan fingerprint density at radius 1 is 1.17 bits per heavy atom. The van der Waals surface area contributed by atoms with E-state index >= 15 is 0 Å². The number of fused-ring (bicyclic) bond motifs is 1. The normalized spacial score (nSPS) is 23.3. The van der Waals surface area contributed by atoms with Gasteiger partial charge in [0.05, 0.1) is 17.6 Å². The van der Waals surface area contributed by atoms with E-state index in [4.69, 9.17) is 4.74 Å². The topological polar surface area (TPSA) is 66.9 Å². The van der Waals surface area contributed by atoms with Crippen LogP contribution >= 0.6 is 0 Å². The van der Waals surface area contributed by atoms with Crippen molar-refractivity contribution in [3.63, 3.8) is 0 Å². The molecule has 1 aromatic carbocycles. The number of ether oxygens (including phenoxy) is 1. The van der Waals surface area contributed by atoms with E-state index in [1.54, 1.807) is 12.1 Å². The summed E-state index contributed by atoms with van der Waals surface area (Å²) in [5.41, 5.74) is 0.0982. The van der Waals surface area contributed by atoms with E-state index in [0.29, 0.717) is 13.1 Å². The van der Waals surface area contributed by atoms with Crippen LogP contribution in [-0.4, -0.2) is 62.9 Å². The molecule has 1 aromatic rings. The molecule has 0 amide bonds. The molecular weight excluding hydrogens is 316 g/mol. The van der Waals surface area contributed by atoms with Gasteiger partial charge in [-0.1, -0.05) is 18.6 Å². The van der Waals surface area contributed by atoms with Gasteiger partial charge in [-0.05, 0) is 31.5 Å². The fraction of sp³-hybridized carbons (Fsp3) is 0.562. The number of piperazine rings is 1. The van der Waals surface area contributed by atoms with Crippen LogP contribution in [0.2, 0.25) is 0 Å². The van der Waals surface area contributed by atoms with Crippen LogP contribution in [0.5, 0.6) is 0 Å². The summed E-state index contributed by atoms with van der Waals surface area (Å²) >= 11 is 0. The average molecular weight is 338 g/mol. The summed E-state index contributed by atoms with van der Waals surface area (Å²) in [4.78, 5) is 14.3. The molecule has 6 nitrogen and oxygen atoms in total. The van der Waals surface area contributed by atoms with E-state index in [9.17, 15) is 13.2 Å². The Kier molecular flexibility index (Phi) is 4.70. The van der Waals surface area contributed by atoms with Crippen molar-refractivity contribution in [2.45, 2.75) is 30.2 Å². The minimum Gasteiger partial charge on any atom is -0.465 e. The molecule has 0 N–H and O–H groups in total. The predicted octanol–water partition coefficient (Wildman–Crippen LogP) is 1.33. The molecule has 0 saturated carbocycles. The van der Waals surface area contributed by atoms with Crippen molar-refractivity contribution >= 4 is 16.0 Å². The SMILES string of the molecule is COC(=O)c1ccccc1S(=O)(=O)N1CCN2CCCCC2C1. The van der Waals surface area contributed by atoms with Gasteiger partial charge < -0.3 is 4.74 Å². The molecule has 2 aliphatic heterocycles. The van der Waals surface area contributed by atoms with Crippen molar-refractivity contribution in [3.05, 3.63) is 29.8 Å². The van der Waals surface area contributed by atoms with Crippen LogP contribution in [0.4, 0.5) is 0 Å². The highest BCUT2D eigenvalue weighted by atomic mass is 32.2. The molecule has 2 saturated heterocycles. The highest BCUT2D eigenvalue weighted by molar-refractivity contribution is 7.89. The van der Waals surface area contributed by atoms with Gasteiger partial charge in [0.1, 0.15) is 0 Å². The van der Waals surface area contributed by atoms with Crippen molar-refractivity contribution in [2.75, 3.05) is 33.3 Å². The van der Waals surface area contributed by atoms with E-state index in [1.807, 2.05) is 0 Å². The summed E-state index contributed by atoms with van der Waals surface area (Å²) in [7, 11) is -2.44. The Labute approximate surface area is 137 Å². The van der Waals surface area contributed by atoms with Crippen LogP contribution in [-0.2, 0) is 14.8 Å². The summed E-state index contributed by atoms with van der Waals surface area (Å²) in [6.07, 6.45) is 3.37. The number of benzene rings is 1. The number of hydrogen-bond acceptors (Lipinski definition) is 5. The summed E-state index contributed by atoms with van der Waals surface area (Å²) < 4.78 is 32.2. The Morgan fingerprint density at radius 2 is 1.96 bits per heavy atom. The lowest BCUT2D eigenvalue weighted by Crippen LogP contribution is -2.56. The van der Waals surface area contributed by atoms with E-state index < -0.39 is 16.0 Å². The first-order valence-corrected chi connectivity index (χ1v) is 9.39.